The van der Waals surface area contributed by atoms with Gasteiger partial charge in [-0.05, 0) is 62.9 Å². The van der Waals surface area contributed by atoms with Crippen LogP contribution in [0, 0.1) is 5.41 Å². The average molecular weight is 361 g/mol. The highest BCUT2D eigenvalue weighted by molar-refractivity contribution is 5.91. The number of ether oxygens (including phenoxy) is 1. The number of carbonyl (C=O) groups excluding carboxylic acids is 1. The van der Waals surface area contributed by atoms with E-state index in [4.69, 9.17) is 14.6 Å². The molecule has 1 aromatic carbocycles. The maximum atomic E-state index is 12.7. The fourth-order valence-corrected chi connectivity index (χ4v) is 4.01. The van der Waals surface area contributed by atoms with Gasteiger partial charge in [-0.2, -0.15) is 0 Å². The van der Waals surface area contributed by atoms with Crippen molar-refractivity contribution in [3.8, 4) is 5.75 Å². The molecule has 1 saturated carbocycles. The summed E-state index contributed by atoms with van der Waals surface area (Å²) >= 11 is 0. The van der Waals surface area contributed by atoms with Crippen molar-refractivity contribution in [3.63, 3.8) is 0 Å². The topological polar surface area (TPSA) is 71.3 Å². The van der Waals surface area contributed by atoms with E-state index in [2.05, 4.69) is 4.98 Å². The van der Waals surface area contributed by atoms with Crippen LogP contribution in [0.1, 0.15) is 48.2 Å². The van der Waals surface area contributed by atoms with Crippen LogP contribution in [-0.4, -0.2) is 43.0 Å². The Morgan fingerprint density at radius 1 is 1.38 bits per heavy atom. The molecular weight excluding hydrogens is 326 g/mol. The Kier molecular flexibility index (Phi) is 4.82. The molecule has 0 saturated heterocycles. The van der Waals surface area contributed by atoms with Gasteiger partial charge in [0.2, 0.25) is 0 Å². The van der Waals surface area contributed by atoms with Crippen LogP contribution < -0.4 is 10.5 Å². The van der Waals surface area contributed by atoms with Gasteiger partial charge in [0.1, 0.15) is 5.75 Å². The van der Waals surface area contributed by atoms with Crippen LogP contribution >= 0.6 is 0 Å². The minimum Gasteiger partial charge on any atom is -0.426 e. The zero-order valence-electron chi connectivity index (χ0n) is 18.5. The van der Waals surface area contributed by atoms with E-state index in [-0.39, 0.29) is 11.4 Å². The summed E-state index contributed by atoms with van der Waals surface area (Å²) in [6, 6.07) is 5.56. The molecule has 0 spiro atoms. The molecule has 3 rings (SSSR count). The van der Waals surface area contributed by atoms with Gasteiger partial charge in [0.25, 0.3) is 0 Å². The second-order valence-corrected chi connectivity index (χ2v) is 7.58. The number of nitrogens with two attached hydrogens (primary N) is 1. The standard InChI is InChI=1S/C21H31N3O2/c1-24(2)12-9-16-14-23-17-7-6-8-18(20(16)17)26-19(25)13-21(15-22)10-4-3-5-11-21/h6-8,14,23H,3-5,9-13,15,22H2,1-2H3/i1D3. The van der Waals surface area contributed by atoms with Gasteiger partial charge >= 0.3 is 5.97 Å². The van der Waals surface area contributed by atoms with Crippen molar-refractivity contribution < 1.29 is 13.6 Å². The number of hydrogen-bond donors (Lipinski definition) is 2. The van der Waals surface area contributed by atoms with Gasteiger partial charge in [-0.3, -0.25) is 4.79 Å². The highest BCUT2D eigenvalue weighted by Crippen LogP contribution is 2.39. The molecule has 0 atom stereocenters. The first-order valence-corrected chi connectivity index (χ1v) is 9.45. The minimum atomic E-state index is -2.13. The van der Waals surface area contributed by atoms with Gasteiger partial charge in [0, 0.05) is 27.8 Å². The SMILES string of the molecule is [2H]C([2H])([2H])N(C)CCc1c[nH]c2cccc(OC(=O)CC3(CN)CCCCC3)c12. The predicted molar refractivity (Wildman–Crippen MR) is 105 cm³/mol. The lowest BCUT2D eigenvalue weighted by atomic mass is 9.72. The Morgan fingerprint density at radius 2 is 2.19 bits per heavy atom. The number of likely N-dealkylation sites (N-methyl/N-ethyl adjacent to an activating group) is 1. The van der Waals surface area contributed by atoms with Crippen LogP contribution in [0.3, 0.4) is 0 Å². The summed E-state index contributed by atoms with van der Waals surface area (Å²) in [5, 5.41) is 0.838. The summed E-state index contributed by atoms with van der Waals surface area (Å²) < 4.78 is 28.3. The highest BCUT2D eigenvalue weighted by Gasteiger charge is 2.34. The molecular formula is C21H31N3O2. The Balaban J connectivity index is 1.75. The smallest absolute Gasteiger partial charge is 0.311 e. The number of hydrogen-bond acceptors (Lipinski definition) is 4. The number of carbonyl (C=O) groups is 1. The number of nitrogens with one attached hydrogen (secondary N) is 1. The monoisotopic (exact) mass is 360 g/mol. The third kappa shape index (κ3) is 4.27. The number of benzene rings is 1. The third-order valence-corrected chi connectivity index (χ3v) is 5.56. The molecule has 3 N–H and O–H groups in total. The van der Waals surface area contributed by atoms with Crippen molar-refractivity contribution in [2.75, 3.05) is 27.1 Å². The molecule has 1 fully saturated rings. The van der Waals surface area contributed by atoms with E-state index in [1.807, 2.05) is 18.3 Å². The van der Waals surface area contributed by atoms with Crippen molar-refractivity contribution in [1.82, 2.24) is 9.88 Å². The molecule has 26 heavy (non-hydrogen) atoms. The van der Waals surface area contributed by atoms with Gasteiger partial charge in [-0.15, -0.1) is 0 Å². The molecule has 5 nitrogen and oxygen atoms in total. The Bertz CT molecular complexity index is 841. The first-order valence-electron chi connectivity index (χ1n) is 11.0. The van der Waals surface area contributed by atoms with Crippen molar-refractivity contribution in [2.45, 2.75) is 44.9 Å². The van der Waals surface area contributed by atoms with Crippen LogP contribution in [0.4, 0.5) is 0 Å². The average Bonchev–Trinajstić information content (AvgIpc) is 3.10. The molecule has 0 unspecified atom stereocenters. The molecule has 1 aromatic heterocycles. The Hall–Kier alpha value is -1.85. The first kappa shape index (κ1) is 15.2. The van der Waals surface area contributed by atoms with E-state index in [1.54, 1.807) is 13.1 Å². The van der Waals surface area contributed by atoms with E-state index >= 15 is 0 Å². The minimum absolute atomic E-state index is 0.146. The summed E-state index contributed by atoms with van der Waals surface area (Å²) in [4.78, 5) is 17.3. The number of esters is 1. The zero-order chi connectivity index (χ0) is 21.1. The van der Waals surface area contributed by atoms with Gasteiger partial charge in [-0.1, -0.05) is 25.3 Å². The summed E-state index contributed by atoms with van der Waals surface area (Å²) in [7, 11) is 1.58. The van der Waals surface area contributed by atoms with Crippen molar-refractivity contribution in [3.05, 3.63) is 30.0 Å². The molecule has 1 aliphatic rings. The maximum absolute atomic E-state index is 12.7. The molecule has 0 radical (unpaired) electrons. The molecule has 142 valence electrons. The fraction of sp³-hybridized carbons (Fsp3) is 0.571. The van der Waals surface area contributed by atoms with Crippen molar-refractivity contribution in [1.29, 1.82) is 0 Å². The second kappa shape index (κ2) is 8.23. The number of nitrogens with zero attached hydrogens (tertiary/aromatic N) is 1. The number of fused-ring (bicyclic) bond motifs is 1. The van der Waals surface area contributed by atoms with E-state index in [0.29, 0.717) is 31.7 Å². The predicted octanol–water partition coefficient (Wildman–Crippen LogP) is 3.48. The summed E-state index contributed by atoms with van der Waals surface area (Å²) in [5.41, 5.74) is 7.68. The normalized spacial score (nSPS) is 19.1. The molecule has 1 aliphatic carbocycles. The molecule has 2 aromatic rings. The van der Waals surface area contributed by atoms with Crippen LogP contribution in [0.2, 0.25) is 0 Å². The summed E-state index contributed by atoms with van der Waals surface area (Å²) in [5.74, 6) is 0.264. The van der Waals surface area contributed by atoms with Crippen molar-refractivity contribution in [2.24, 2.45) is 11.1 Å². The third-order valence-electron chi connectivity index (χ3n) is 5.56. The van der Waals surface area contributed by atoms with E-state index < -0.39 is 6.98 Å². The number of H-pyrrole nitrogens is 1. The summed E-state index contributed by atoms with van der Waals surface area (Å²) in [6.07, 6.45) is 8.10. The van der Waals surface area contributed by atoms with Crippen LogP contribution in [0.25, 0.3) is 10.9 Å². The Labute approximate surface area is 160 Å². The number of rotatable bonds is 7. The van der Waals surface area contributed by atoms with E-state index in [0.717, 1.165) is 42.1 Å². The highest BCUT2D eigenvalue weighted by atomic mass is 16.5. The van der Waals surface area contributed by atoms with Gasteiger partial charge < -0.3 is 20.4 Å². The van der Waals surface area contributed by atoms with Crippen LogP contribution in [-0.2, 0) is 11.2 Å². The first-order chi connectivity index (χ1) is 13.7. The Morgan fingerprint density at radius 3 is 2.92 bits per heavy atom. The lowest BCUT2D eigenvalue weighted by Crippen LogP contribution is -2.36. The van der Waals surface area contributed by atoms with Gasteiger partial charge in [-0.25, -0.2) is 0 Å². The lowest BCUT2D eigenvalue weighted by molar-refractivity contribution is -0.137. The van der Waals surface area contributed by atoms with Crippen LogP contribution in [0.5, 0.6) is 5.75 Å². The molecule has 0 bridgehead atoms. The van der Waals surface area contributed by atoms with Crippen LogP contribution in [0.15, 0.2) is 24.4 Å². The van der Waals surface area contributed by atoms with E-state index in [9.17, 15) is 4.79 Å². The molecule has 0 aliphatic heterocycles. The molecule has 0 amide bonds. The lowest BCUT2D eigenvalue weighted by Gasteiger charge is -2.35. The fourth-order valence-electron chi connectivity index (χ4n) is 4.01. The number of aromatic amines is 1. The largest absolute Gasteiger partial charge is 0.426 e. The molecule has 1 heterocycles. The zero-order valence-corrected chi connectivity index (χ0v) is 15.5. The van der Waals surface area contributed by atoms with Gasteiger partial charge in [0.15, 0.2) is 0 Å². The summed E-state index contributed by atoms with van der Waals surface area (Å²) in [6.45, 7) is -1.25. The number of aromatic nitrogens is 1. The van der Waals surface area contributed by atoms with E-state index in [1.165, 1.54) is 11.3 Å². The second-order valence-electron chi connectivity index (χ2n) is 7.58. The van der Waals surface area contributed by atoms with Crippen molar-refractivity contribution >= 4 is 16.9 Å². The maximum Gasteiger partial charge on any atom is 0.311 e. The van der Waals surface area contributed by atoms with Gasteiger partial charge in [0.05, 0.1) is 6.42 Å². The molecule has 5 heteroatoms. The quantitative estimate of drug-likeness (QED) is 0.586.